The van der Waals surface area contributed by atoms with Gasteiger partial charge < -0.3 is 9.84 Å². The van der Waals surface area contributed by atoms with Crippen LogP contribution in [0.2, 0.25) is 0 Å². The lowest BCUT2D eigenvalue weighted by Gasteiger charge is -2.19. The third-order valence-corrected chi connectivity index (χ3v) is 4.02. The van der Waals surface area contributed by atoms with Crippen molar-refractivity contribution in [3.63, 3.8) is 0 Å². The molecule has 0 unspecified atom stereocenters. The molecule has 1 aromatic carbocycles. The van der Waals surface area contributed by atoms with Gasteiger partial charge in [0.15, 0.2) is 0 Å². The lowest BCUT2D eigenvalue weighted by molar-refractivity contribution is 0.0702. The normalized spacial score (nSPS) is 11.3. The minimum Gasteiger partial charge on any atom is -0.488 e. The summed E-state index contributed by atoms with van der Waals surface area (Å²) in [5, 5.41) is 8.86. The van der Waals surface area contributed by atoms with Crippen LogP contribution in [0.25, 0.3) is 0 Å². The minimum absolute atomic E-state index is 0.128. The molecule has 4 heteroatoms. The summed E-state index contributed by atoms with van der Waals surface area (Å²) in [6.45, 7) is 6.90. The van der Waals surface area contributed by atoms with Crippen molar-refractivity contribution in [1.82, 2.24) is 0 Å². The lowest BCUT2D eigenvalue weighted by Crippen LogP contribution is -2.10. The minimum atomic E-state index is -0.893. The molecular formula is C16H18O3S. The van der Waals surface area contributed by atoms with E-state index in [4.69, 9.17) is 9.84 Å². The Kier molecular flexibility index (Phi) is 4.14. The number of aromatic carboxylic acids is 1. The molecule has 0 radical (unpaired) electrons. The molecule has 0 aliphatic rings. The predicted molar refractivity (Wildman–Crippen MR) is 80.8 cm³/mol. The van der Waals surface area contributed by atoms with Crippen molar-refractivity contribution < 1.29 is 14.6 Å². The Morgan fingerprint density at radius 3 is 2.30 bits per heavy atom. The fraction of sp³-hybridized carbons (Fsp3) is 0.312. The van der Waals surface area contributed by atoms with E-state index in [0.717, 1.165) is 10.6 Å². The number of carboxylic acids is 1. The smallest absolute Gasteiger partial charge is 0.345 e. The summed E-state index contributed by atoms with van der Waals surface area (Å²) in [4.78, 5) is 12.0. The van der Waals surface area contributed by atoms with E-state index in [0.29, 0.717) is 11.5 Å². The number of carboxylic acid groups (broad SMARTS) is 1. The van der Waals surface area contributed by atoms with E-state index >= 15 is 0 Å². The molecule has 1 N–H and O–H groups in total. The summed E-state index contributed by atoms with van der Waals surface area (Å²) in [5.41, 5.74) is 1.39. The average molecular weight is 290 g/mol. The highest BCUT2D eigenvalue weighted by molar-refractivity contribution is 7.13. The van der Waals surface area contributed by atoms with Crippen LogP contribution in [0.5, 0.6) is 5.75 Å². The number of thiophene rings is 1. The standard InChI is InChI=1S/C16H18O3S/c1-16(2,3)11-4-6-12(7-5-11)19-10-13-8-9-14(20-13)15(17)18/h4-9H,10H2,1-3H3,(H,17,18). The Bertz CT molecular complexity index is 591. The molecule has 0 atom stereocenters. The van der Waals surface area contributed by atoms with Crippen LogP contribution in [0.3, 0.4) is 0 Å². The van der Waals surface area contributed by atoms with Crippen molar-refractivity contribution >= 4 is 17.3 Å². The largest absolute Gasteiger partial charge is 0.488 e. The van der Waals surface area contributed by atoms with Gasteiger partial charge in [0.25, 0.3) is 0 Å². The maximum absolute atomic E-state index is 10.8. The van der Waals surface area contributed by atoms with Gasteiger partial charge in [-0.2, -0.15) is 0 Å². The molecule has 1 heterocycles. The first kappa shape index (κ1) is 14.6. The second-order valence-electron chi connectivity index (χ2n) is 5.63. The van der Waals surface area contributed by atoms with Crippen LogP contribution >= 0.6 is 11.3 Å². The van der Waals surface area contributed by atoms with Gasteiger partial charge in [-0.05, 0) is 35.2 Å². The van der Waals surface area contributed by atoms with Crippen LogP contribution in [-0.2, 0) is 12.0 Å². The van der Waals surface area contributed by atoms with E-state index in [2.05, 4.69) is 32.9 Å². The van der Waals surface area contributed by atoms with E-state index < -0.39 is 5.97 Å². The summed E-state index contributed by atoms with van der Waals surface area (Å²) < 4.78 is 5.67. The zero-order valence-electron chi connectivity index (χ0n) is 11.8. The van der Waals surface area contributed by atoms with E-state index in [1.807, 2.05) is 12.1 Å². The number of hydrogen-bond acceptors (Lipinski definition) is 3. The zero-order chi connectivity index (χ0) is 14.8. The average Bonchev–Trinajstić information content (AvgIpc) is 2.85. The van der Waals surface area contributed by atoms with Crippen molar-refractivity contribution in [3.05, 3.63) is 51.7 Å². The summed E-state index contributed by atoms with van der Waals surface area (Å²) >= 11 is 1.24. The number of carbonyl (C=O) groups is 1. The molecule has 0 bridgehead atoms. The maximum atomic E-state index is 10.8. The van der Waals surface area contributed by atoms with Gasteiger partial charge >= 0.3 is 5.97 Å². The molecule has 0 aliphatic carbocycles. The third kappa shape index (κ3) is 3.61. The quantitative estimate of drug-likeness (QED) is 0.912. The monoisotopic (exact) mass is 290 g/mol. The molecule has 1 aromatic heterocycles. The second kappa shape index (κ2) is 5.67. The first-order chi connectivity index (χ1) is 9.36. The van der Waals surface area contributed by atoms with E-state index in [1.54, 1.807) is 12.1 Å². The Hall–Kier alpha value is -1.81. The third-order valence-electron chi connectivity index (χ3n) is 2.97. The van der Waals surface area contributed by atoms with Gasteiger partial charge in [-0.1, -0.05) is 32.9 Å². The SMILES string of the molecule is CC(C)(C)c1ccc(OCc2ccc(C(=O)O)s2)cc1. The number of rotatable bonds is 4. The molecule has 2 rings (SSSR count). The van der Waals surface area contributed by atoms with Crippen LogP contribution in [-0.4, -0.2) is 11.1 Å². The van der Waals surface area contributed by atoms with Crippen LogP contribution < -0.4 is 4.74 Å². The first-order valence-corrected chi connectivity index (χ1v) is 7.23. The summed E-state index contributed by atoms with van der Waals surface area (Å²) in [6, 6.07) is 11.4. The molecule has 0 saturated carbocycles. The van der Waals surface area contributed by atoms with Crippen molar-refractivity contribution in [2.24, 2.45) is 0 Å². The van der Waals surface area contributed by atoms with Gasteiger partial charge in [0, 0.05) is 4.88 Å². The van der Waals surface area contributed by atoms with E-state index in [1.165, 1.54) is 16.9 Å². The molecule has 2 aromatic rings. The molecule has 0 fully saturated rings. The molecular weight excluding hydrogens is 272 g/mol. The summed E-state index contributed by atoms with van der Waals surface area (Å²) in [6.07, 6.45) is 0. The molecule has 106 valence electrons. The maximum Gasteiger partial charge on any atom is 0.345 e. The zero-order valence-corrected chi connectivity index (χ0v) is 12.7. The van der Waals surface area contributed by atoms with Gasteiger partial charge in [0.1, 0.15) is 17.2 Å². The highest BCUT2D eigenvalue weighted by Crippen LogP contribution is 2.25. The van der Waals surface area contributed by atoms with Crippen molar-refractivity contribution in [2.45, 2.75) is 32.8 Å². The number of hydrogen-bond donors (Lipinski definition) is 1. The summed E-state index contributed by atoms with van der Waals surface area (Å²) in [7, 11) is 0. The fourth-order valence-electron chi connectivity index (χ4n) is 1.78. The van der Waals surface area contributed by atoms with Crippen molar-refractivity contribution in [2.75, 3.05) is 0 Å². The van der Waals surface area contributed by atoms with Gasteiger partial charge in [0.2, 0.25) is 0 Å². The van der Waals surface area contributed by atoms with Gasteiger partial charge in [-0.25, -0.2) is 4.79 Å². The van der Waals surface area contributed by atoms with Gasteiger partial charge in [0.05, 0.1) is 0 Å². The van der Waals surface area contributed by atoms with E-state index in [9.17, 15) is 4.79 Å². The fourth-order valence-corrected chi connectivity index (χ4v) is 2.54. The molecule has 20 heavy (non-hydrogen) atoms. The second-order valence-corrected chi connectivity index (χ2v) is 6.80. The molecule has 3 nitrogen and oxygen atoms in total. The predicted octanol–water partition coefficient (Wildman–Crippen LogP) is 4.32. The highest BCUT2D eigenvalue weighted by Gasteiger charge is 2.13. The molecule has 0 saturated heterocycles. The molecule has 0 spiro atoms. The topological polar surface area (TPSA) is 46.5 Å². The van der Waals surface area contributed by atoms with Crippen LogP contribution in [0.1, 0.15) is 40.9 Å². The van der Waals surface area contributed by atoms with Crippen LogP contribution in [0.15, 0.2) is 36.4 Å². The Labute approximate surface area is 122 Å². The Morgan fingerprint density at radius 2 is 1.80 bits per heavy atom. The Morgan fingerprint density at radius 1 is 1.15 bits per heavy atom. The Balaban J connectivity index is 1.98. The number of ether oxygens (including phenoxy) is 1. The van der Waals surface area contributed by atoms with Gasteiger partial charge in [-0.3, -0.25) is 0 Å². The number of benzene rings is 1. The van der Waals surface area contributed by atoms with Crippen LogP contribution in [0, 0.1) is 0 Å². The van der Waals surface area contributed by atoms with Crippen LogP contribution in [0.4, 0.5) is 0 Å². The van der Waals surface area contributed by atoms with Crippen molar-refractivity contribution in [1.29, 1.82) is 0 Å². The van der Waals surface area contributed by atoms with Gasteiger partial charge in [-0.15, -0.1) is 11.3 Å². The van der Waals surface area contributed by atoms with E-state index in [-0.39, 0.29) is 5.41 Å². The van der Waals surface area contributed by atoms with Crippen molar-refractivity contribution in [3.8, 4) is 5.75 Å². The first-order valence-electron chi connectivity index (χ1n) is 6.41. The highest BCUT2D eigenvalue weighted by atomic mass is 32.1. The lowest BCUT2D eigenvalue weighted by atomic mass is 9.87. The summed E-state index contributed by atoms with van der Waals surface area (Å²) in [5.74, 6) is -0.0981. The molecule has 0 aliphatic heterocycles. The molecule has 0 amide bonds.